The number of aryl methyl sites for hydroxylation is 1. The first-order valence-corrected chi connectivity index (χ1v) is 6.05. The van der Waals surface area contributed by atoms with Gasteiger partial charge in [-0.3, -0.25) is 4.98 Å². The summed E-state index contributed by atoms with van der Waals surface area (Å²) in [5, 5.41) is 0. The van der Waals surface area contributed by atoms with E-state index in [4.69, 9.17) is 0 Å². The highest BCUT2D eigenvalue weighted by Crippen LogP contribution is 2.28. The van der Waals surface area contributed by atoms with Gasteiger partial charge in [0.1, 0.15) is 0 Å². The highest BCUT2D eigenvalue weighted by molar-refractivity contribution is 5.68. The lowest BCUT2D eigenvalue weighted by atomic mass is 9.91. The maximum absolute atomic E-state index is 4.46. The van der Waals surface area contributed by atoms with Gasteiger partial charge in [0.05, 0.1) is 0 Å². The second-order valence-corrected chi connectivity index (χ2v) is 4.22. The van der Waals surface area contributed by atoms with E-state index in [-0.39, 0.29) is 0 Å². The molecule has 1 heteroatoms. The fourth-order valence-electron chi connectivity index (χ4n) is 2.22. The van der Waals surface area contributed by atoms with Crippen molar-refractivity contribution < 1.29 is 0 Å². The molecule has 1 aliphatic rings. The van der Waals surface area contributed by atoms with Crippen LogP contribution < -0.4 is 0 Å². The molecule has 1 heterocycles. The van der Waals surface area contributed by atoms with Gasteiger partial charge in [0, 0.05) is 11.9 Å². The molecule has 0 N–H and O–H groups in total. The highest BCUT2D eigenvalue weighted by atomic mass is 14.7. The Bertz CT molecular complexity index is 352. The minimum Gasteiger partial charge on any atom is -0.261 e. The molecule has 0 bridgehead atoms. The molecule has 15 heavy (non-hydrogen) atoms. The van der Waals surface area contributed by atoms with E-state index in [1.807, 2.05) is 6.20 Å². The van der Waals surface area contributed by atoms with Gasteiger partial charge >= 0.3 is 0 Å². The molecule has 1 aliphatic carbocycles. The Kier molecular flexibility index (Phi) is 3.54. The van der Waals surface area contributed by atoms with Crippen molar-refractivity contribution in [3.8, 4) is 0 Å². The van der Waals surface area contributed by atoms with Gasteiger partial charge in [-0.05, 0) is 42.9 Å². The third-order valence-corrected chi connectivity index (χ3v) is 3.06. The van der Waals surface area contributed by atoms with E-state index in [0.717, 1.165) is 6.42 Å². The lowest BCUT2D eigenvalue weighted by Crippen LogP contribution is -2.02. The average Bonchev–Trinajstić information content (AvgIpc) is 2.30. The quantitative estimate of drug-likeness (QED) is 0.671. The van der Waals surface area contributed by atoms with Gasteiger partial charge in [-0.15, -0.1) is 0 Å². The monoisotopic (exact) mass is 201 g/mol. The molecule has 80 valence electrons. The molecule has 0 amide bonds. The van der Waals surface area contributed by atoms with Crippen LogP contribution in [0, 0.1) is 0 Å². The van der Waals surface area contributed by atoms with Crippen molar-refractivity contribution in [3.63, 3.8) is 0 Å². The lowest BCUT2D eigenvalue weighted by Gasteiger charge is -2.16. The van der Waals surface area contributed by atoms with Crippen LogP contribution in [0.3, 0.4) is 0 Å². The maximum Gasteiger partial charge on any atom is 0.0481 e. The zero-order valence-corrected chi connectivity index (χ0v) is 9.50. The smallest absolute Gasteiger partial charge is 0.0481 e. The summed E-state index contributed by atoms with van der Waals surface area (Å²) in [4.78, 5) is 4.46. The summed E-state index contributed by atoms with van der Waals surface area (Å²) >= 11 is 0. The van der Waals surface area contributed by atoms with Crippen LogP contribution in [0.4, 0.5) is 0 Å². The summed E-state index contributed by atoms with van der Waals surface area (Å²) < 4.78 is 0. The predicted molar refractivity (Wildman–Crippen MR) is 64.7 cm³/mol. The molecule has 0 saturated carbocycles. The molecule has 2 rings (SSSR count). The van der Waals surface area contributed by atoms with E-state index >= 15 is 0 Å². The summed E-state index contributed by atoms with van der Waals surface area (Å²) in [6.45, 7) is 2.25. The van der Waals surface area contributed by atoms with Crippen molar-refractivity contribution in [3.05, 3.63) is 35.7 Å². The number of pyridine rings is 1. The topological polar surface area (TPSA) is 12.9 Å². The summed E-state index contributed by atoms with van der Waals surface area (Å²) in [7, 11) is 0. The number of hydrogen-bond donors (Lipinski definition) is 0. The van der Waals surface area contributed by atoms with E-state index in [0.29, 0.717) is 0 Å². The number of rotatable bonds is 4. The molecule has 0 atom stereocenters. The minimum atomic E-state index is 1.12. The predicted octanol–water partition coefficient (Wildman–Crippen LogP) is 3.99. The lowest BCUT2D eigenvalue weighted by molar-refractivity contribution is 0.731. The van der Waals surface area contributed by atoms with Crippen LogP contribution in [0.2, 0.25) is 0 Å². The van der Waals surface area contributed by atoms with Gasteiger partial charge in [0.2, 0.25) is 0 Å². The first-order chi connectivity index (χ1) is 7.42. The van der Waals surface area contributed by atoms with E-state index < -0.39 is 0 Å². The molecule has 0 unspecified atom stereocenters. The second-order valence-electron chi connectivity index (χ2n) is 4.22. The van der Waals surface area contributed by atoms with Crippen molar-refractivity contribution in [1.82, 2.24) is 4.98 Å². The summed E-state index contributed by atoms with van der Waals surface area (Å²) in [6, 6.07) is 4.27. The average molecular weight is 201 g/mol. The fourth-order valence-corrected chi connectivity index (χ4v) is 2.22. The van der Waals surface area contributed by atoms with Crippen molar-refractivity contribution in [2.75, 3.05) is 0 Å². The normalized spacial score (nSPS) is 14.6. The number of aromatic nitrogens is 1. The molecular weight excluding hydrogens is 182 g/mol. The Morgan fingerprint density at radius 1 is 1.33 bits per heavy atom. The van der Waals surface area contributed by atoms with Crippen LogP contribution >= 0.6 is 0 Å². The number of nitrogens with zero attached hydrogens (tertiary/aromatic N) is 1. The molecule has 0 fully saturated rings. The number of unbranched alkanes of at least 4 members (excludes halogenated alkanes) is 2. The van der Waals surface area contributed by atoms with Crippen molar-refractivity contribution in [1.29, 1.82) is 0 Å². The SMILES string of the molecule is CCCCCC1=CCCc2ncccc21. The zero-order valence-electron chi connectivity index (χ0n) is 9.50. The van der Waals surface area contributed by atoms with Crippen LogP contribution in [-0.2, 0) is 6.42 Å². The standard InChI is InChI=1S/C14H19N/c1-2-3-4-7-12-8-5-10-14-13(12)9-6-11-15-14/h6,8-9,11H,2-5,7,10H2,1H3. The fraction of sp³-hybridized carbons (Fsp3) is 0.500. The zero-order chi connectivity index (χ0) is 10.5. The number of fused-ring (bicyclic) bond motifs is 1. The Hall–Kier alpha value is -1.11. The van der Waals surface area contributed by atoms with Gasteiger partial charge < -0.3 is 0 Å². The molecule has 1 nitrogen and oxygen atoms in total. The Labute approximate surface area is 92.2 Å². The third-order valence-electron chi connectivity index (χ3n) is 3.06. The van der Waals surface area contributed by atoms with Gasteiger partial charge in [-0.1, -0.05) is 31.9 Å². The van der Waals surface area contributed by atoms with E-state index in [9.17, 15) is 0 Å². The van der Waals surface area contributed by atoms with Gasteiger partial charge in [-0.2, -0.15) is 0 Å². The molecule has 0 aliphatic heterocycles. The Balaban J connectivity index is 2.09. The van der Waals surface area contributed by atoms with Crippen LogP contribution in [0.25, 0.3) is 5.57 Å². The van der Waals surface area contributed by atoms with E-state index in [1.54, 1.807) is 0 Å². The molecule has 0 saturated heterocycles. The minimum absolute atomic E-state index is 1.12. The van der Waals surface area contributed by atoms with Crippen molar-refractivity contribution in [2.24, 2.45) is 0 Å². The van der Waals surface area contributed by atoms with Gasteiger partial charge in [-0.25, -0.2) is 0 Å². The summed E-state index contributed by atoms with van der Waals surface area (Å²) in [5.74, 6) is 0. The second kappa shape index (κ2) is 5.11. The molecular formula is C14H19N. The number of hydrogen-bond acceptors (Lipinski definition) is 1. The Morgan fingerprint density at radius 2 is 2.27 bits per heavy atom. The molecule has 0 radical (unpaired) electrons. The summed E-state index contributed by atoms with van der Waals surface area (Å²) in [6.07, 6.45) is 11.8. The highest BCUT2D eigenvalue weighted by Gasteiger charge is 2.11. The molecule has 0 aromatic carbocycles. The Morgan fingerprint density at radius 3 is 3.13 bits per heavy atom. The van der Waals surface area contributed by atoms with Crippen molar-refractivity contribution in [2.45, 2.75) is 45.4 Å². The van der Waals surface area contributed by atoms with E-state index in [1.165, 1.54) is 48.9 Å². The van der Waals surface area contributed by atoms with Gasteiger partial charge in [0.25, 0.3) is 0 Å². The third kappa shape index (κ3) is 2.47. The first-order valence-electron chi connectivity index (χ1n) is 6.05. The van der Waals surface area contributed by atoms with Crippen molar-refractivity contribution >= 4 is 5.57 Å². The van der Waals surface area contributed by atoms with Gasteiger partial charge in [0.15, 0.2) is 0 Å². The molecule has 1 aromatic heterocycles. The van der Waals surface area contributed by atoms with Crippen LogP contribution in [-0.4, -0.2) is 4.98 Å². The molecule has 0 spiro atoms. The summed E-state index contributed by atoms with van der Waals surface area (Å²) in [5.41, 5.74) is 4.23. The largest absolute Gasteiger partial charge is 0.261 e. The van der Waals surface area contributed by atoms with Crippen LogP contribution in [0.5, 0.6) is 0 Å². The van der Waals surface area contributed by atoms with E-state index in [2.05, 4.69) is 30.1 Å². The van der Waals surface area contributed by atoms with Crippen LogP contribution in [0.1, 0.15) is 50.3 Å². The number of allylic oxidation sites excluding steroid dienone is 2. The van der Waals surface area contributed by atoms with Crippen LogP contribution in [0.15, 0.2) is 24.4 Å². The maximum atomic E-state index is 4.46. The molecule has 1 aromatic rings. The first kappa shape index (κ1) is 10.4.